The first kappa shape index (κ1) is 20.4. The number of halogens is 1. The van der Waals surface area contributed by atoms with Crippen LogP contribution in [0.4, 0.5) is 5.69 Å². The van der Waals surface area contributed by atoms with Gasteiger partial charge in [-0.05, 0) is 54.6 Å². The molecule has 1 amide bonds. The van der Waals surface area contributed by atoms with Crippen LogP contribution in [0.25, 0.3) is 22.9 Å². The van der Waals surface area contributed by atoms with E-state index in [4.69, 9.17) is 25.5 Å². The number of carbonyl (C=O) groups is 1. The monoisotopic (exact) mass is 435 g/mol. The summed E-state index contributed by atoms with van der Waals surface area (Å²) in [5.41, 5.74) is 2.07. The van der Waals surface area contributed by atoms with Gasteiger partial charge >= 0.3 is 0 Å². The van der Waals surface area contributed by atoms with Gasteiger partial charge in [0, 0.05) is 16.1 Å². The highest BCUT2D eigenvalue weighted by Gasteiger charge is 2.12. The number of benzene rings is 3. The molecule has 0 unspecified atom stereocenters. The van der Waals surface area contributed by atoms with E-state index in [1.54, 1.807) is 42.5 Å². The second-order valence-corrected chi connectivity index (χ2v) is 6.92. The Morgan fingerprint density at radius 2 is 1.65 bits per heavy atom. The molecule has 4 rings (SSSR count). The van der Waals surface area contributed by atoms with Gasteiger partial charge in [0.1, 0.15) is 11.5 Å². The van der Waals surface area contributed by atoms with Crippen LogP contribution in [0, 0.1) is 0 Å². The summed E-state index contributed by atoms with van der Waals surface area (Å²) < 4.78 is 16.5. The van der Waals surface area contributed by atoms with Gasteiger partial charge in [-0.2, -0.15) is 0 Å². The van der Waals surface area contributed by atoms with E-state index in [9.17, 15) is 4.79 Å². The molecule has 7 nitrogen and oxygen atoms in total. The van der Waals surface area contributed by atoms with Crippen molar-refractivity contribution >= 4 is 23.2 Å². The maximum absolute atomic E-state index is 12.2. The number of carbonyl (C=O) groups excluding carboxylic acids is 1. The summed E-state index contributed by atoms with van der Waals surface area (Å²) in [6, 6.07) is 21.5. The van der Waals surface area contributed by atoms with Gasteiger partial charge in [-0.25, -0.2) is 0 Å². The van der Waals surface area contributed by atoms with Crippen molar-refractivity contribution < 1.29 is 18.7 Å². The molecule has 156 valence electrons. The highest BCUT2D eigenvalue weighted by Crippen LogP contribution is 2.28. The lowest BCUT2D eigenvalue weighted by Gasteiger charge is -2.11. The number of aromatic nitrogens is 2. The van der Waals surface area contributed by atoms with Crippen LogP contribution in [0.2, 0.25) is 5.02 Å². The van der Waals surface area contributed by atoms with Crippen LogP contribution in [0.15, 0.2) is 77.2 Å². The Morgan fingerprint density at radius 1 is 0.968 bits per heavy atom. The molecule has 4 aromatic rings. The van der Waals surface area contributed by atoms with E-state index in [0.29, 0.717) is 34.0 Å². The SMILES string of the molecule is COc1ccc(Cl)cc1NC(=O)COc1ccc(-c2nnc(-c3ccccc3)o2)cc1. The van der Waals surface area contributed by atoms with Crippen LogP contribution >= 0.6 is 11.6 Å². The van der Waals surface area contributed by atoms with Crippen LogP contribution in [0.1, 0.15) is 0 Å². The summed E-state index contributed by atoms with van der Waals surface area (Å²) in [4.78, 5) is 12.2. The number of hydrogen-bond donors (Lipinski definition) is 1. The number of nitrogens with zero attached hydrogens (tertiary/aromatic N) is 2. The fourth-order valence-electron chi connectivity index (χ4n) is 2.84. The van der Waals surface area contributed by atoms with Crippen LogP contribution in [-0.4, -0.2) is 29.8 Å². The number of rotatable bonds is 7. The van der Waals surface area contributed by atoms with Crippen LogP contribution in [0.3, 0.4) is 0 Å². The lowest BCUT2D eigenvalue weighted by molar-refractivity contribution is -0.118. The third-order valence-electron chi connectivity index (χ3n) is 4.35. The predicted octanol–water partition coefficient (Wildman–Crippen LogP) is 5.08. The molecule has 3 aromatic carbocycles. The summed E-state index contributed by atoms with van der Waals surface area (Å²) in [5, 5.41) is 11.4. The van der Waals surface area contributed by atoms with Crippen LogP contribution < -0.4 is 14.8 Å². The zero-order chi connectivity index (χ0) is 21.6. The molecule has 0 fully saturated rings. The van der Waals surface area contributed by atoms with Crippen molar-refractivity contribution in [2.75, 3.05) is 19.0 Å². The molecule has 0 saturated heterocycles. The van der Waals surface area contributed by atoms with Crippen LogP contribution in [0.5, 0.6) is 11.5 Å². The number of methoxy groups -OCH3 is 1. The Bertz CT molecular complexity index is 1180. The molecule has 0 aliphatic rings. The second kappa shape index (κ2) is 9.32. The van der Waals surface area contributed by atoms with E-state index in [-0.39, 0.29) is 12.5 Å². The van der Waals surface area contributed by atoms with Gasteiger partial charge in [0.25, 0.3) is 5.91 Å². The fraction of sp³-hybridized carbons (Fsp3) is 0.0870. The van der Waals surface area contributed by atoms with Crippen molar-refractivity contribution in [3.63, 3.8) is 0 Å². The van der Waals surface area contributed by atoms with E-state index in [2.05, 4.69) is 15.5 Å². The van der Waals surface area contributed by atoms with Crippen LogP contribution in [-0.2, 0) is 4.79 Å². The summed E-state index contributed by atoms with van der Waals surface area (Å²) in [5.74, 6) is 1.55. The van der Waals surface area contributed by atoms with Gasteiger partial charge in [0.2, 0.25) is 11.8 Å². The molecule has 1 aromatic heterocycles. The van der Waals surface area contributed by atoms with Gasteiger partial charge in [-0.15, -0.1) is 10.2 Å². The topological polar surface area (TPSA) is 86.5 Å². The lowest BCUT2D eigenvalue weighted by Crippen LogP contribution is -2.20. The first-order valence-electron chi connectivity index (χ1n) is 9.38. The Labute approximate surface area is 183 Å². The summed E-state index contributed by atoms with van der Waals surface area (Å²) >= 11 is 5.98. The lowest BCUT2D eigenvalue weighted by atomic mass is 10.2. The molecule has 31 heavy (non-hydrogen) atoms. The van der Waals surface area contributed by atoms with Crippen molar-refractivity contribution in [2.45, 2.75) is 0 Å². The molecule has 0 radical (unpaired) electrons. The first-order valence-corrected chi connectivity index (χ1v) is 9.76. The maximum atomic E-state index is 12.2. The summed E-state index contributed by atoms with van der Waals surface area (Å²) in [7, 11) is 1.52. The normalized spacial score (nSPS) is 10.5. The number of anilines is 1. The zero-order valence-electron chi connectivity index (χ0n) is 16.5. The first-order chi connectivity index (χ1) is 15.1. The maximum Gasteiger partial charge on any atom is 0.262 e. The number of ether oxygens (including phenoxy) is 2. The minimum Gasteiger partial charge on any atom is -0.495 e. The largest absolute Gasteiger partial charge is 0.495 e. The molecule has 0 aliphatic heterocycles. The smallest absolute Gasteiger partial charge is 0.262 e. The summed E-state index contributed by atoms with van der Waals surface area (Å²) in [6.07, 6.45) is 0. The fourth-order valence-corrected chi connectivity index (χ4v) is 3.02. The summed E-state index contributed by atoms with van der Waals surface area (Å²) in [6.45, 7) is -0.173. The van der Waals surface area contributed by atoms with E-state index in [1.165, 1.54) is 7.11 Å². The van der Waals surface area contributed by atoms with Gasteiger partial charge in [0.05, 0.1) is 12.8 Å². The highest BCUT2D eigenvalue weighted by molar-refractivity contribution is 6.31. The van der Waals surface area contributed by atoms with Gasteiger partial charge < -0.3 is 19.2 Å². The average Bonchev–Trinajstić information content (AvgIpc) is 3.29. The Balaban J connectivity index is 1.37. The Morgan fingerprint density at radius 3 is 2.32 bits per heavy atom. The standard InChI is InChI=1S/C23H18ClN3O4/c1-29-20-12-9-17(24)13-19(20)25-21(28)14-30-18-10-7-16(8-11-18)23-27-26-22(31-23)15-5-3-2-4-6-15/h2-13H,14H2,1H3,(H,25,28). The number of nitrogens with one attached hydrogen (secondary N) is 1. The molecule has 0 aliphatic carbocycles. The van der Waals surface area contributed by atoms with Crippen molar-refractivity contribution in [1.82, 2.24) is 10.2 Å². The third-order valence-corrected chi connectivity index (χ3v) is 4.59. The molecule has 8 heteroatoms. The van der Waals surface area contributed by atoms with Crippen molar-refractivity contribution in [2.24, 2.45) is 0 Å². The number of amides is 1. The minimum absolute atomic E-state index is 0.173. The molecular formula is C23H18ClN3O4. The molecule has 0 atom stereocenters. The van der Waals surface area contributed by atoms with Gasteiger partial charge in [-0.1, -0.05) is 29.8 Å². The Hall–Kier alpha value is -3.84. The highest BCUT2D eigenvalue weighted by atomic mass is 35.5. The molecule has 1 heterocycles. The minimum atomic E-state index is -0.339. The molecule has 1 N–H and O–H groups in total. The zero-order valence-corrected chi connectivity index (χ0v) is 17.3. The number of hydrogen-bond acceptors (Lipinski definition) is 6. The predicted molar refractivity (Wildman–Crippen MR) is 117 cm³/mol. The second-order valence-electron chi connectivity index (χ2n) is 6.48. The van der Waals surface area contributed by atoms with E-state index < -0.39 is 0 Å². The Kier molecular flexibility index (Phi) is 6.14. The average molecular weight is 436 g/mol. The van der Waals surface area contributed by atoms with E-state index in [0.717, 1.165) is 11.1 Å². The molecule has 0 spiro atoms. The quantitative estimate of drug-likeness (QED) is 0.435. The molecule has 0 bridgehead atoms. The van der Waals surface area contributed by atoms with Gasteiger partial charge in [0.15, 0.2) is 6.61 Å². The third kappa shape index (κ3) is 5.02. The van der Waals surface area contributed by atoms with E-state index >= 15 is 0 Å². The van der Waals surface area contributed by atoms with Crippen molar-refractivity contribution in [3.8, 4) is 34.4 Å². The van der Waals surface area contributed by atoms with Crippen molar-refractivity contribution in [1.29, 1.82) is 0 Å². The van der Waals surface area contributed by atoms with E-state index in [1.807, 2.05) is 30.3 Å². The van der Waals surface area contributed by atoms with Crippen molar-refractivity contribution in [3.05, 3.63) is 77.8 Å². The van der Waals surface area contributed by atoms with Gasteiger partial charge in [-0.3, -0.25) is 4.79 Å². The molecule has 0 saturated carbocycles. The molecular weight excluding hydrogens is 418 g/mol.